The van der Waals surface area contributed by atoms with Crippen molar-refractivity contribution in [3.63, 3.8) is 0 Å². The van der Waals surface area contributed by atoms with E-state index in [1.54, 1.807) is 5.32 Å². The highest BCUT2D eigenvalue weighted by molar-refractivity contribution is 4.77. The molecule has 0 atom stereocenters. The van der Waals surface area contributed by atoms with Gasteiger partial charge in [0.05, 0.1) is 26.2 Å². The molecule has 0 saturated heterocycles. The van der Waals surface area contributed by atoms with Gasteiger partial charge in [-0.1, -0.05) is 53.4 Å². The van der Waals surface area contributed by atoms with Crippen LogP contribution in [-0.2, 0) is 0 Å². The zero-order valence-corrected chi connectivity index (χ0v) is 16.0. The van der Waals surface area contributed by atoms with E-state index in [-0.39, 0.29) is 0 Å². The first kappa shape index (κ1) is 24.0. The Kier molecular flexibility index (Phi) is 19.6. The fourth-order valence-corrected chi connectivity index (χ4v) is 2.87. The predicted molar refractivity (Wildman–Crippen MR) is 98.3 cm³/mol. The minimum atomic E-state index is 1.35. The zero-order valence-electron chi connectivity index (χ0n) is 16.0. The third-order valence-corrected chi connectivity index (χ3v) is 4.31. The Labute approximate surface area is 145 Å². The minimum Gasteiger partial charge on any atom is -0.324 e. The second-order valence-corrected chi connectivity index (χ2v) is 6.35. The Morgan fingerprint density at radius 2 is 0.957 bits per heavy atom. The van der Waals surface area contributed by atoms with Gasteiger partial charge in [0.1, 0.15) is 0 Å². The number of quaternary nitrogens is 1. The van der Waals surface area contributed by atoms with Crippen molar-refractivity contribution < 1.29 is 4.48 Å². The molecular formula is C19H39N4+. The summed E-state index contributed by atoms with van der Waals surface area (Å²) in [7, 11) is 0. The number of rotatable bonds is 13. The molecule has 0 rings (SSSR count). The fraction of sp³-hybridized carbons (Fsp3) is 0.895. The van der Waals surface area contributed by atoms with Crippen molar-refractivity contribution in [1.82, 2.24) is 5.32 Å². The summed E-state index contributed by atoms with van der Waals surface area (Å²) < 4.78 is 1.43. The third-order valence-electron chi connectivity index (χ3n) is 4.31. The first-order chi connectivity index (χ1) is 11.2. The van der Waals surface area contributed by atoms with E-state index in [2.05, 4.69) is 27.7 Å². The molecule has 0 aliphatic heterocycles. The molecule has 0 saturated carbocycles. The number of nitrogens with one attached hydrogen (secondary N) is 1. The highest BCUT2D eigenvalue weighted by atomic mass is 15.3. The molecule has 0 aromatic rings. The summed E-state index contributed by atoms with van der Waals surface area (Å²) in [6.45, 7) is 15.0. The predicted octanol–water partition coefficient (Wildman–Crippen LogP) is 4.93. The maximum Gasteiger partial charge on any atom is 0.190 e. The van der Waals surface area contributed by atoms with Crippen molar-refractivity contribution in [2.45, 2.75) is 85.5 Å². The summed E-state index contributed by atoms with van der Waals surface area (Å²) in [5.74, 6) is 0. The number of hydrogen-bond donors (Lipinski definition) is 1. The van der Waals surface area contributed by atoms with E-state index >= 15 is 0 Å². The molecule has 0 unspecified atom stereocenters. The Bertz CT molecular complexity index is 281. The van der Waals surface area contributed by atoms with E-state index in [9.17, 15) is 0 Å². The molecule has 0 aliphatic rings. The molecule has 0 aromatic heterocycles. The van der Waals surface area contributed by atoms with E-state index in [1.807, 2.05) is 0 Å². The standard InChI is InChI=1S/C17H38N.C2HN3/c1-5-9-13-17-18(14-10-6-2,15-11-7-3)16-12-8-4;3-1-5-2-4/h5-17H2,1-4H3;5H/q+1;. The van der Waals surface area contributed by atoms with Gasteiger partial charge in [-0.25, -0.2) is 5.32 Å². The molecule has 0 amide bonds. The van der Waals surface area contributed by atoms with E-state index in [4.69, 9.17) is 10.5 Å². The highest BCUT2D eigenvalue weighted by Crippen LogP contribution is 2.16. The van der Waals surface area contributed by atoms with Gasteiger partial charge in [0.2, 0.25) is 0 Å². The van der Waals surface area contributed by atoms with Crippen molar-refractivity contribution in [2.24, 2.45) is 0 Å². The quantitative estimate of drug-likeness (QED) is 0.226. The zero-order chi connectivity index (χ0) is 17.8. The van der Waals surface area contributed by atoms with Crippen LogP contribution in [0.25, 0.3) is 0 Å². The number of hydrogen-bond acceptors (Lipinski definition) is 3. The lowest BCUT2D eigenvalue weighted by Gasteiger charge is -2.39. The van der Waals surface area contributed by atoms with Crippen molar-refractivity contribution in [2.75, 3.05) is 26.2 Å². The lowest BCUT2D eigenvalue weighted by atomic mass is 10.1. The molecule has 0 fully saturated rings. The first-order valence-corrected chi connectivity index (χ1v) is 9.54. The van der Waals surface area contributed by atoms with Crippen molar-refractivity contribution >= 4 is 0 Å². The normalized spacial score (nSPS) is 10.2. The van der Waals surface area contributed by atoms with E-state index in [0.29, 0.717) is 0 Å². The smallest absolute Gasteiger partial charge is 0.190 e. The summed E-state index contributed by atoms with van der Waals surface area (Å²) in [6.07, 6.45) is 15.3. The molecule has 0 spiro atoms. The molecule has 134 valence electrons. The third kappa shape index (κ3) is 15.4. The summed E-state index contributed by atoms with van der Waals surface area (Å²) in [5.41, 5.74) is 0. The molecule has 0 aromatic carbocycles. The first-order valence-electron chi connectivity index (χ1n) is 9.54. The highest BCUT2D eigenvalue weighted by Gasteiger charge is 2.24. The molecule has 0 bridgehead atoms. The minimum absolute atomic E-state index is 1.35. The van der Waals surface area contributed by atoms with Crippen LogP contribution in [0.15, 0.2) is 0 Å². The monoisotopic (exact) mass is 323 g/mol. The second-order valence-electron chi connectivity index (χ2n) is 6.35. The Balaban J connectivity index is 0. The molecule has 0 radical (unpaired) electrons. The van der Waals surface area contributed by atoms with E-state index in [1.165, 1.54) is 101 Å². The molecule has 4 heteroatoms. The van der Waals surface area contributed by atoms with Crippen LogP contribution < -0.4 is 5.32 Å². The Morgan fingerprint density at radius 3 is 1.22 bits per heavy atom. The van der Waals surface area contributed by atoms with Crippen LogP contribution in [0.2, 0.25) is 0 Å². The largest absolute Gasteiger partial charge is 0.324 e. The number of nitrogens with zero attached hydrogens (tertiary/aromatic N) is 3. The van der Waals surface area contributed by atoms with Gasteiger partial charge in [-0.3, -0.25) is 0 Å². The average molecular weight is 324 g/mol. The van der Waals surface area contributed by atoms with Gasteiger partial charge in [0.15, 0.2) is 12.4 Å². The molecule has 0 heterocycles. The van der Waals surface area contributed by atoms with Gasteiger partial charge >= 0.3 is 0 Å². The van der Waals surface area contributed by atoms with Gasteiger partial charge in [0, 0.05) is 0 Å². The maximum absolute atomic E-state index is 7.48. The van der Waals surface area contributed by atoms with E-state index in [0.717, 1.165) is 0 Å². The van der Waals surface area contributed by atoms with Crippen LogP contribution in [0, 0.1) is 22.9 Å². The van der Waals surface area contributed by atoms with Crippen LogP contribution in [-0.4, -0.2) is 30.7 Å². The van der Waals surface area contributed by atoms with Gasteiger partial charge in [0.25, 0.3) is 0 Å². The SMILES string of the molecule is CCCCC[N+](CCCC)(CCCC)CCCC.N#CNC#N. The summed E-state index contributed by atoms with van der Waals surface area (Å²) in [4.78, 5) is 0. The Morgan fingerprint density at radius 1 is 0.609 bits per heavy atom. The van der Waals surface area contributed by atoms with Crippen molar-refractivity contribution in [1.29, 1.82) is 10.5 Å². The van der Waals surface area contributed by atoms with Gasteiger partial charge in [-0.15, -0.1) is 0 Å². The number of nitriles is 2. The van der Waals surface area contributed by atoms with Crippen LogP contribution in [0.4, 0.5) is 0 Å². The summed E-state index contributed by atoms with van der Waals surface area (Å²) in [6, 6.07) is 0. The van der Waals surface area contributed by atoms with Gasteiger partial charge in [-0.2, -0.15) is 10.5 Å². The van der Waals surface area contributed by atoms with E-state index < -0.39 is 0 Å². The summed E-state index contributed by atoms with van der Waals surface area (Å²) >= 11 is 0. The van der Waals surface area contributed by atoms with Crippen LogP contribution >= 0.6 is 0 Å². The molecular weight excluding hydrogens is 284 g/mol. The molecule has 1 N–H and O–H groups in total. The van der Waals surface area contributed by atoms with Crippen LogP contribution in [0.1, 0.15) is 85.5 Å². The summed E-state index contributed by atoms with van der Waals surface area (Å²) in [5, 5.41) is 16.7. The van der Waals surface area contributed by atoms with Gasteiger partial charge < -0.3 is 4.48 Å². The fourth-order valence-electron chi connectivity index (χ4n) is 2.87. The number of unbranched alkanes of at least 4 members (excludes halogenated alkanes) is 5. The Hall–Kier alpha value is -1.26. The lowest BCUT2D eigenvalue weighted by Crippen LogP contribution is -2.50. The average Bonchev–Trinajstić information content (AvgIpc) is 2.57. The van der Waals surface area contributed by atoms with Crippen molar-refractivity contribution in [3.8, 4) is 12.4 Å². The van der Waals surface area contributed by atoms with Crippen LogP contribution in [0.3, 0.4) is 0 Å². The lowest BCUT2D eigenvalue weighted by molar-refractivity contribution is -0.929. The molecule has 0 aliphatic carbocycles. The van der Waals surface area contributed by atoms with Gasteiger partial charge in [-0.05, 0) is 32.1 Å². The second kappa shape index (κ2) is 18.8. The van der Waals surface area contributed by atoms with Crippen LogP contribution in [0.5, 0.6) is 0 Å². The van der Waals surface area contributed by atoms with Crippen molar-refractivity contribution in [3.05, 3.63) is 0 Å². The maximum atomic E-state index is 7.48. The molecule has 23 heavy (non-hydrogen) atoms. The topological polar surface area (TPSA) is 59.6 Å². The molecule has 4 nitrogen and oxygen atoms in total.